The van der Waals surface area contributed by atoms with Gasteiger partial charge in [-0.25, -0.2) is 4.99 Å². The molecule has 0 fully saturated rings. The maximum Gasteiger partial charge on any atom is 0.0909 e. The zero-order valence-corrected chi connectivity index (χ0v) is 11.0. The second-order valence-electron chi connectivity index (χ2n) is 4.23. The Morgan fingerprint density at radius 3 is 2.41 bits per heavy atom. The molecule has 1 rings (SSSR count). The van der Waals surface area contributed by atoms with Crippen LogP contribution in [0.3, 0.4) is 0 Å². The van der Waals surface area contributed by atoms with Crippen LogP contribution in [0.2, 0.25) is 0 Å². The molecule has 0 aliphatic carbocycles. The van der Waals surface area contributed by atoms with Crippen LogP contribution in [0.5, 0.6) is 0 Å². The van der Waals surface area contributed by atoms with Crippen LogP contribution < -0.4 is 0 Å². The highest BCUT2D eigenvalue weighted by molar-refractivity contribution is 5.65. The molecule has 1 aromatic carbocycles. The van der Waals surface area contributed by atoms with Crippen LogP contribution >= 0.6 is 0 Å². The Kier molecular flexibility index (Phi) is 4.71. The third-order valence-corrected chi connectivity index (χ3v) is 2.72. The van der Waals surface area contributed by atoms with Gasteiger partial charge >= 0.3 is 0 Å². The molecule has 0 saturated heterocycles. The Bertz CT molecular complexity index is 432. The second-order valence-corrected chi connectivity index (χ2v) is 4.23. The first kappa shape index (κ1) is 13.2. The molecule has 0 radical (unpaired) electrons. The van der Waals surface area contributed by atoms with Gasteiger partial charge in [-0.05, 0) is 37.5 Å². The first-order valence-electron chi connectivity index (χ1n) is 5.80. The lowest BCUT2D eigenvalue weighted by Gasteiger charge is -2.11. The highest BCUT2D eigenvalue weighted by atomic mass is 15.1. The number of nitrogens with zero attached hydrogens (tertiary/aromatic N) is 3. The van der Waals surface area contributed by atoms with Crippen molar-refractivity contribution in [2.75, 3.05) is 13.6 Å². The molecule has 0 spiro atoms. The van der Waals surface area contributed by atoms with Crippen LogP contribution in [0.15, 0.2) is 17.1 Å². The molecule has 0 atom stereocenters. The van der Waals surface area contributed by atoms with Gasteiger partial charge in [0.2, 0.25) is 0 Å². The number of rotatable bonds is 4. The molecule has 17 heavy (non-hydrogen) atoms. The normalized spacial score (nSPS) is 10.5. The minimum atomic E-state index is 0.459. The van der Waals surface area contributed by atoms with E-state index in [1.54, 1.807) is 0 Å². The number of hydrogen-bond acceptors (Lipinski definition) is 2. The number of aryl methyl sites for hydroxylation is 2. The van der Waals surface area contributed by atoms with Crippen LogP contribution in [0.4, 0.5) is 5.69 Å². The van der Waals surface area contributed by atoms with E-state index in [1.165, 1.54) is 0 Å². The van der Waals surface area contributed by atoms with Crippen LogP contribution in [0.25, 0.3) is 0 Å². The fourth-order valence-corrected chi connectivity index (χ4v) is 1.68. The van der Waals surface area contributed by atoms with Crippen LogP contribution in [0.1, 0.15) is 23.6 Å². The Balaban J connectivity index is 3.02. The van der Waals surface area contributed by atoms with Gasteiger partial charge < -0.3 is 4.90 Å². The summed E-state index contributed by atoms with van der Waals surface area (Å²) < 4.78 is 0. The summed E-state index contributed by atoms with van der Waals surface area (Å²) in [7, 11) is 2.00. The lowest BCUT2D eigenvalue weighted by molar-refractivity contribution is 0.552. The van der Waals surface area contributed by atoms with Crippen LogP contribution in [-0.4, -0.2) is 24.8 Å². The fourth-order valence-electron chi connectivity index (χ4n) is 1.68. The first-order chi connectivity index (χ1) is 8.08. The van der Waals surface area contributed by atoms with Gasteiger partial charge in [-0.2, -0.15) is 5.26 Å². The Hall–Kier alpha value is -1.82. The van der Waals surface area contributed by atoms with E-state index >= 15 is 0 Å². The molecule has 0 N–H and O–H groups in total. The molecule has 1 aromatic rings. The number of nitriles is 1. The van der Waals surface area contributed by atoms with Crippen molar-refractivity contribution >= 4 is 12.0 Å². The maximum atomic E-state index is 8.69. The summed E-state index contributed by atoms with van der Waals surface area (Å²) in [6.07, 6.45) is 2.31. The van der Waals surface area contributed by atoms with E-state index in [1.807, 2.05) is 44.3 Å². The third kappa shape index (κ3) is 3.60. The molecular formula is C14H19N3. The van der Waals surface area contributed by atoms with Crippen molar-refractivity contribution in [3.63, 3.8) is 0 Å². The number of benzene rings is 1. The average molecular weight is 229 g/mol. The van der Waals surface area contributed by atoms with Gasteiger partial charge in [0.1, 0.15) is 0 Å². The highest BCUT2D eigenvalue weighted by Crippen LogP contribution is 2.25. The molecule has 90 valence electrons. The zero-order valence-electron chi connectivity index (χ0n) is 11.0. The second kappa shape index (κ2) is 6.05. The van der Waals surface area contributed by atoms with Crippen LogP contribution in [-0.2, 0) is 6.42 Å². The molecule has 0 bridgehead atoms. The van der Waals surface area contributed by atoms with Crippen LogP contribution in [0, 0.1) is 25.2 Å². The lowest BCUT2D eigenvalue weighted by atomic mass is 10.0. The van der Waals surface area contributed by atoms with Crippen molar-refractivity contribution in [3.05, 3.63) is 28.8 Å². The van der Waals surface area contributed by atoms with E-state index in [2.05, 4.69) is 18.0 Å². The number of hydrogen-bond donors (Lipinski definition) is 0. The predicted octanol–water partition coefficient (Wildman–Crippen LogP) is 2.98. The largest absolute Gasteiger partial charge is 0.366 e. The van der Waals surface area contributed by atoms with Gasteiger partial charge in [0.15, 0.2) is 0 Å². The highest BCUT2D eigenvalue weighted by Gasteiger charge is 2.03. The molecule has 0 aliphatic heterocycles. The van der Waals surface area contributed by atoms with Gasteiger partial charge in [0.05, 0.1) is 24.5 Å². The smallest absolute Gasteiger partial charge is 0.0909 e. The van der Waals surface area contributed by atoms with Crippen molar-refractivity contribution in [2.45, 2.75) is 27.2 Å². The summed E-state index contributed by atoms with van der Waals surface area (Å²) in [6, 6.07) is 6.24. The average Bonchev–Trinajstić information content (AvgIpc) is 2.28. The Morgan fingerprint density at radius 1 is 1.35 bits per heavy atom. The van der Waals surface area contributed by atoms with Crippen molar-refractivity contribution in [1.29, 1.82) is 5.26 Å². The molecule has 3 nitrogen and oxygen atoms in total. The molecule has 0 heterocycles. The topological polar surface area (TPSA) is 39.4 Å². The van der Waals surface area contributed by atoms with Crippen molar-refractivity contribution < 1.29 is 0 Å². The summed E-state index contributed by atoms with van der Waals surface area (Å²) in [5.41, 5.74) is 4.31. The molecule has 0 aliphatic rings. The molecule has 0 amide bonds. The zero-order chi connectivity index (χ0) is 12.8. The van der Waals surface area contributed by atoms with E-state index < -0.39 is 0 Å². The van der Waals surface area contributed by atoms with E-state index in [9.17, 15) is 0 Å². The first-order valence-corrected chi connectivity index (χ1v) is 5.80. The van der Waals surface area contributed by atoms with Gasteiger partial charge in [-0.15, -0.1) is 0 Å². The molecule has 0 aromatic heterocycles. The summed E-state index contributed by atoms with van der Waals surface area (Å²) in [5.74, 6) is 0. The van der Waals surface area contributed by atoms with E-state index in [0.717, 1.165) is 28.9 Å². The van der Waals surface area contributed by atoms with Gasteiger partial charge in [-0.1, -0.05) is 12.1 Å². The summed E-state index contributed by atoms with van der Waals surface area (Å²) in [6.45, 7) is 7.09. The predicted molar refractivity (Wildman–Crippen MR) is 71.7 cm³/mol. The summed E-state index contributed by atoms with van der Waals surface area (Å²) in [5, 5.41) is 8.69. The Morgan fingerprint density at radius 2 is 1.94 bits per heavy atom. The minimum absolute atomic E-state index is 0.459. The minimum Gasteiger partial charge on any atom is -0.366 e. The fraction of sp³-hybridized carbons (Fsp3) is 0.429. The van der Waals surface area contributed by atoms with Crippen molar-refractivity contribution in [1.82, 2.24) is 4.90 Å². The van der Waals surface area contributed by atoms with Crippen molar-refractivity contribution in [3.8, 4) is 6.07 Å². The standard InChI is InChI=1S/C14H19N3/c1-5-17(4)10-16-14-11(2)8-13(6-7-15)9-12(14)3/h8-10H,5-6H2,1-4H3. The molecular weight excluding hydrogens is 210 g/mol. The summed E-state index contributed by atoms with van der Waals surface area (Å²) >= 11 is 0. The quantitative estimate of drug-likeness (QED) is 0.588. The third-order valence-electron chi connectivity index (χ3n) is 2.72. The van der Waals surface area contributed by atoms with Gasteiger partial charge in [0.25, 0.3) is 0 Å². The monoisotopic (exact) mass is 229 g/mol. The van der Waals surface area contributed by atoms with Gasteiger partial charge in [-0.3, -0.25) is 0 Å². The summed E-state index contributed by atoms with van der Waals surface area (Å²) in [4.78, 5) is 6.53. The Labute approximate surface area is 103 Å². The van der Waals surface area contributed by atoms with Crippen molar-refractivity contribution in [2.24, 2.45) is 4.99 Å². The van der Waals surface area contributed by atoms with Gasteiger partial charge in [0, 0.05) is 13.6 Å². The lowest BCUT2D eigenvalue weighted by Crippen LogP contribution is -2.14. The molecule has 0 unspecified atom stereocenters. The van der Waals surface area contributed by atoms with E-state index in [0.29, 0.717) is 6.42 Å². The van der Waals surface area contributed by atoms with E-state index in [4.69, 9.17) is 5.26 Å². The number of aliphatic imine (C=N–C) groups is 1. The molecule has 3 heteroatoms. The molecule has 0 saturated carbocycles. The SMILES string of the molecule is CCN(C)C=Nc1c(C)cc(CC#N)cc1C. The van der Waals surface area contributed by atoms with E-state index in [-0.39, 0.29) is 0 Å². The maximum absolute atomic E-state index is 8.69.